The standard InChI is InChI=1S/C15H20N2O2/c1-2-3-12-19-14-8-6-13(7-9-14)15(18)17-11-5-4-10-16/h6-9H,2-5,11-12H2,1H3,(H,17,18). The monoisotopic (exact) mass is 260 g/mol. The Balaban J connectivity index is 2.38. The molecular formula is C15H20N2O2. The van der Waals surface area contributed by atoms with Gasteiger partial charge in [0.1, 0.15) is 5.75 Å². The second-order valence-corrected chi connectivity index (χ2v) is 4.24. The topological polar surface area (TPSA) is 62.1 Å². The minimum atomic E-state index is -0.113. The summed E-state index contributed by atoms with van der Waals surface area (Å²) in [5.41, 5.74) is 0.611. The molecule has 19 heavy (non-hydrogen) atoms. The third-order valence-electron chi connectivity index (χ3n) is 2.63. The van der Waals surface area contributed by atoms with E-state index >= 15 is 0 Å². The lowest BCUT2D eigenvalue weighted by Gasteiger charge is -2.07. The zero-order valence-corrected chi connectivity index (χ0v) is 11.3. The summed E-state index contributed by atoms with van der Waals surface area (Å²) in [5.74, 6) is 0.674. The maximum Gasteiger partial charge on any atom is 0.251 e. The van der Waals surface area contributed by atoms with Crippen LogP contribution in [-0.2, 0) is 0 Å². The molecule has 0 aliphatic heterocycles. The molecule has 0 aliphatic carbocycles. The van der Waals surface area contributed by atoms with Crippen molar-refractivity contribution in [3.63, 3.8) is 0 Å². The van der Waals surface area contributed by atoms with Gasteiger partial charge < -0.3 is 10.1 Å². The van der Waals surface area contributed by atoms with Crippen molar-refractivity contribution in [3.05, 3.63) is 29.8 Å². The molecule has 1 aromatic carbocycles. The van der Waals surface area contributed by atoms with Crippen LogP contribution in [0.15, 0.2) is 24.3 Å². The first-order valence-electron chi connectivity index (χ1n) is 6.66. The van der Waals surface area contributed by atoms with E-state index in [0.717, 1.165) is 18.6 Å². The summed E-state index contributed by atoms with van der Waals surface area (Å²) in [5, 5.41) is 11.2. The molecule has 1 rings (SSSR count). The fraction of sp³-hybridized carbons (Fsp3) is 0.467. The largest absolute Gasteiger partial charge is 0.494 e. The van der Waals surface area contributed by atoms with Gasteiger partial charge in [0, 0.05) is 18.5 Å². The maximum atomic E-state index is 11.7. The molecule has 0 spiro atoms. The molecule has 0 fully saturated rings. The molecule has 1 amide bonds. The molecule has 0 atom stereocenters. The van der Waals surface area contributed by atoms with Gasteiger partial charge in [0.25, 0.3) is 5.91 Å². The van der Waals surface area contributed by atoms with E-state index in [0.29, 0.717) is 31.6 Å². The summed E-state index contributed by atoms with van der Waals surface area (Å²) in [6.07, 6.45) is 3.27. The zero-order valence-electron chi connectivity index (χ0n) is 11.3. The first-order valence-corrected chi connectivity index (χ1v) is 6.66. The van der Waals surface area contributed by atoms with Crippen molar-refractivity contribution < 1.29 is 9.53 Å². The summed E-state index contributed by atoms with van der Waals surface area (Å²) >= 11 is 0. The van der Waals surface area contributed by atoms with Gasteiger partial charge in [-0.15, -0.1) is 0 Å². The quantitative estimate of drug-likeness (QED) is 0.731. The maximum absolute atomic E-state index is 11.7. The van der Waals surface area contributed by atoms with Crippen LogP contribution in [0.5, 0.6) is 5.75 Å². The molecule has 0 saturated carbocycles. The van der Waals surface area contributed by atoms with E-state index in [4.69, 9.17) is 10.00 Å². The highest BCUT2D eigenvalue weighted by Gasteiger charge is 2.04. The van der Waals surface area contributed by atoms with Gasteiger partial charge in [-0.25, -0.2) is 0 Å². The SMILES string of the molecule is CCCCOc1ccc(C(=O)NCCCC#N)cc1. The number of unbranched alkanes of at least 4 members (excludes halogenated alkanes) is 2. The molecule has 0 aromatic heterocycles. The van der Waals surface area contributed by atoms with Gasteiger partial charge in [0.2, 0.25) is 0 Å². The smallest absolute Gasteiger partial charge is 0.251 e. The summed E-state index contributed by atoms with van der Waals surface area (Å²) in [6, 6.07) is 9.16. The van der Waals surface area contributed by atoms with Crippen LogP contribution in [0.1, 0.15) is 43.0 Å². The van der Waals surface area contributed by atoms with E-state index in [9.17, 15) is 4.79 Å². The number of amides is 1. The highest BCUT2D eigenvalue weighted by atomic mass is 16.5. The Morgan fingerprint density at radius 1 is 1.32 bits per heavy atom. The van der Waals surface area contributed by atoms with E-state index in [1.165, 1.54) is 0 Å². The van der Waals surface area contributed by atoms with E-state index < -0.39 is 0 Å². The van der Waals surface area contributed by atoms with Crippen LogP contribution in [-0.4, -0.2) is 19.1 Å². The Labute approximate surface area is 114 Å². The first kappa shape index (κ1) is 15.0. The second kappa shape index (κ2) is 8.98. The lowest BCUT2D eigenvalue weighted by Crippen LogP contribution is -2.24. The van der Waals surface area contributed by atoms with Gasteiger partial charge in [-0.3, -0.25) is 4.79 Å². The summed E-state index contributed by atoms with van der Waals surface area (Å²) in [4.78, 5) is 11.7. The third kappa shape index (κ3) is 5.91. The van der Waals surface area contributed by atoms with E-state index in [2.05, 4.69) is 12.2 Å². The van der Waals surface area contributed by atoms with Crippen LogP contribution in [0.4, 0.5) is 0 Å². The summed E-state index contributed by atoms with van der Waals surface area (Å²) in [6.45, 7) is 3.35. The van der Waals surface area contributed by atoms with Gasteiger partial charge in [0.05, 0.1) is 12.7 Å². The molecule has 4 heteroatoms. The van der Waals surface area contributed by atoms with Gasteiger partial charge in [-0.1, -0.05) is 13.3 Å². The van der Waals surface area contributed by atoms with Gasteiger partial charge in [-0.2, -0.15) is 5.26 Å². The fourth-order valence-electron chi connectivity index (χ4n) is 1.51. The molecule has 1 N–H and O–H groups in total. The molecule has 0 saturated heterocycles. The molecular weight excluding hydrogens is 240 g/mol. The number of carbonyl (C=O) groups excluding carboxylic acids is 1. The lowest BCUT2D eigenvalue weighted by molar-refractivity contribution is 0.0953. The summed E-state index contributed by atoms with van der Waals surface area (Å²) < 4.78 is 5.53. The third-order valence-corrected chi connectivity index (χ3v) is 2.63. The van der Waals surface area contributed by atoms with E-state index in [1.54, 1.807) is 24.3 Å². The number of benzene rings is 1. The molecule has 0 bridgehead atoms. The highest BCUT2D eigenvalue weighted by Crippen LogP contribution is 2.12. The molecule has 0 aliphatic rings. The predicted octanol–water partition coefficient (Wildman–Crippen LogP) is 2.90. The van der Waals surface area contributed by atoms with Crippen LogP contribution in [0.25, 0.3) is 0 Å². The average molecular weight is 260 g/mol. The van der Waals surface area contributed by atoms with Crippen LogP contribution >= 0.6 is 0 Å². The first-order chi connectivity index (χ1) is 9.27. The zero-order chi connectivity index (χ0) is 13.9. The predicted molar refractivity (Wildman–Crippen MR) is 74.0 cm³/mol. The van der Waals surface area contributed by atoms with Crippen molar-refractivity contribution in [1.82, 2.24) is 5.32 Å². The number of hydrogen-bond acceptors (Lipinski definition) is 3. The van der Waals surface area contributed by atoms with Crippen LogP contribution < -0.4 is 10.1 Å². The Bertz CT molecular complexity index is 421. The number of nitrogens with zero attached hydrogens (tertiary/aromatic N) is 1. The van der Waals surface area contributed by atoms with Crippen molar-refractivity contribution >= 4 is 5.91 Å². The Hall–Kier alpha value is -2.02. The van der Waals surface area contributed by atoms with Gasteiger partial charge >= 0.3 is 0 Å². The molecule has 1 aromatic rings. The number of ether oxygens (including phenoxy) is 1. The van der Waals surface area contributed by atoms with Gasteiger partial charge in [0.15, 0.2) is 0 Å². The molecule has 0 radical (unpaired) electrons. The number of nitrogens with one attached hydrogen (secondary N) is 1. The molecule has 0 unspecified atom stereocenters. The average Bonchev–Trinajstić information content (AvgIpc) is 2.44. The Morgan fingerprint density at radius 2 is 2.05 bits per heavy atom. The van der Waals surface area contributed by atoms with Gasteiger partial charge in [-0.05, 0) is 37.1 Å². The molecule has 102 valence electrons. The van der Waals surface area contributed by atoms with Crippen LogP contribution in [0.3, 0.4) is 0 Å². The van der Waals surface area contributed by atoms with Crippen molar-refractivity contribution in [2.45, 2.75) is 32.6 Å². The minimum absolute atomic E-state index is 0.113. The number of rotatable bonds is 8. The molecule has 4 nitrogen and oxygen atoms in total. The lowest BCUT2D eigenvalue weighted by atomic mass is 10.2. The van der Waals surface area contributed by atoms with Crippen molar-refractivity contribution in [1.29, 1.82) is 5.26 Å². The van der Waals surface area contributed by atoms with Crippen molar-refractivity contribution in [3.8, 4) is 11.8 Å². The number of hydrogen-bond donors (Lipinski definition) is 1. The minimum Gasteiger partial charge on any atom is -0.494 e. The second-order valence-electron chi connectivity index (χ2n) is 4.24. The van der Waals surface area contributed by atoms with E-state index in [1.807, 2.05) is 6.07 Å². The fourth-order valence-corrected chi connectivity index (χ4v) is 1.51. The Kier molecular flexibility index (Phi) is 7.11. The van der Waals surface area contributed by atoms with Crippen molar-refractivity contribution in [2.75, 3.05) is 13.2 Å². The number of nitriles is 1. The highest BCUT2D eigenvalue weighted by molar-refractivity contribution is 5.94. The Morgan fingerprint density at radius 3 is 2.68 bits per heavy atom. The van der Waals surface area contributed by atoms with Crippen LogP contribution in [0, 0.1) is 11.3 Å². The van der Waals surface area contributed by atoms with E-state index in [-0.39, 0.29) is 5.91 Å². The van der Waals surface area contributed by atoms with Crippen molar-refractivity contribution in [2.24, 2.45) is 0 Å². The van der Waals surface area contributed by atoms with Crippen LogP contribution in [0.2, 0.25) is 0 Å². The number of carbonyl (C=O) groups is 1. The summed E-state index contributed by atoms with van der Waals surface area (Å²) in [7, 11) is 0. The molecule has 0 heterocycles. The normalized spacial score (nSPS) is 9.68.